The minimum atomic E-state index is -0.471. The van der Waals surface area contributed by atoms with Crippen molar-refractivity contribution in [2.45, 2.75) is 147 Å². The Morgan fingerprint density at radius 2 is 0.986 bits per heavy atom. The van der Waals surface area contributed by atoms with Gasteiger partial charge in [-0.25, -0.2) is 18.4 Å². The van der Waals surface area contributed by atoms with Gasteiger partial charge in [0.1, 0.15) is 37.6 Å². The summed E-state index contributed by atoms with van der Waals surface area (Å²) in [5.74, 6) is 1.77. The molecular weight excluding hydrogens is 1040 g/mol. The third-order valence-corrected chi connectivity index (χ3v) is 15.3. The number of benzene rings is 2. The van der Waals surface area contributed by atoms with Crippen molar-refractivity contribution in [1.29, 1.82) is 0 Å². The fourth-order valence-electron chi connectivity index (χ4n) is 10.6. The van der Waals surface area contributed by atoms with Gasteiger partial charge in [-0.3, -0.25) is 0 Å². The second kappa shape index (κ2) is 20.6. The standard InChI is InChI=1S/C27H35FN6O3.C24H30FIN6O3/c1-27(2,3)36-26(35)33-15-11-19(12-16-33)32-13-9-18(10-14-32)24-29-25(31-37-24)34-23-20(5-4-6-21(23)28)22(30-34)17-7-8-17;1-24(2,3)34-23(33)31-13-9-16(10-14-31)30-11-7-15(8-12-30)21-27-22(29-35-21)32-19-17(20(26)28-32)5-4-6-18(19)25/h4-6,17-19H,7-16H2,1-3H3;4-6,15-16H,7-14H2,1-3H3. The van der Waals surface area contributed by atoms with Crippen LogP contribution in [-0.4, -0.2) is 147 Å². The molecule has 5 fully saturated rings. The van der Waals surface area contributed by atoms with E-state index < -0.39 is 11.2 Å². The van der Waals surface area contributed by atoms with Gasteiger partial charge in [-0.05, 0) is 183 Å². The van der Waals surface area contributed by atoms with Gasteiger partial charge in [0.05, 0.1) is 5.69 Å². The van der Waals surface area contributed by atoms with Gasteiger partial charge in [-0.1, -0.05) is 18.2 Å². The van der Waals surface area contributed by atoms with Gasteiger partial charge in [0.25, 0.3) is 11.9 Å². The van der Waals surface area contributed by atoms with Gasteiger partial charge in [-0.2, -0.15) is 29.5 Å². The maximum atomic E-state index is 14.8. The molecule has 21 heteroatoms. The summed E-state index contributed by atoms with van der Waals surface area (Å²) >= 11 is 2.09. The number of halogens is 3. The van der Waals surface area contributed by atoms with Crippen LogP contribution in [0, 0.1) is 15.3 Å². The van der Waals surface area contributed by atoms with E-state index in [1.165, 1.54) is 21.5 Å². The largest absolute Gasteiger partial charge is 0.444 e. The van der Waals surface area contributed by atoms with Crippen LogP contribution in [0.5, 0.6) is 0 Å². The molecule has 8 heterocycles. The molecule has 5 aliphatic rings. The highest BCUT2D eigenvalue weighted by molar-refractivity contribution is 14.1. The smallest absolute Gasteiger partial charge is 0.410 e. The second-order valence-corrected chi connectivity index (χ2v) is 23.0. The Kier molecular flexibility index (Phi) is 14.3. The first kappa shape index (κ1) is 50.3. The van der Waals surface area contributed by atoms with Gasteiger partial charge >= 0.3 is 12.2 Å². The monoisotopic (exact) mass is 1110 g/mol. The molecule has 4 saturated heterocycles. The molecule has 72 heavy (non-hydrogen) atoms. The molecule has 1 aliphatic carbocycles. The zero-order valence-electron chi connectivity index (χ0n) is 42.0. The molecule has 2 aromatic carbocycles. The molecule has 386 valence electrons. The number of rotatable bonds is 7. The Bertz CT molecular complexity index is 2870. The van der Waals surface area contributed by atoms with Gasteiger partial charge in [-0.15, -0.1) is 0 Å². The van der Waals surface area contributed by atoms with Crippen LogP contribution in [0.3, 0.4) is 0 Å². The van der Waals surface area contributed by atoms with Crippen LogP contribution >= 0.6 is 22.6 Å². The molecule has 11 rings (SSSR count). The Balaban J connectivity index is 0.000000166. The molecule has 0 unspecified atom stereocenters. The number of piperidine rings is 4. The number of likely N-dealkylation sites (tertiary alicyclic amines) is 4. The van der Waals surface area contributed by atoms with Gasteiger partial charge in [0, 0.05) is 66.8 Å². The predicted molar refractivity (Wildman–Crippen MR) is 271 cm³/mol. The molecule has 0 N–H and O–H groups in total. The molecule has 1 saturated carbocycles. The number of amides is 2. The average molecular weight is 1110 g/mol. The first-order valence-corrected chi connectivity index (χ1v) is 26.7. The molecule has 0 spiro atoms. The maximum absolute atomic E-state index is 14.8. The van der Waals surface area contributed by atoms with Gasteiger partial charge < -0.3 is 38.1 Å². The number of hydrogen-bond acceptors (Lipinski definition) is 14. The second-order valence-electron chi connectivity index (χ2n) is 21.9. The molecule has 4 aromatic heterocycles. The van der Waals surface area contributed by atoms with Gasteiger partial charge in [0.2, 0.25) is 11.8 Å². The number of para-hydroxylation sites is 2. The highest BCUT2D eigenvalue weighted by atomic mass is 127. The van der Waals surface area contributed by atoms with Crippen molar-refractivity contribution in [2.75, 3.05) is 52.4 Å². The summed E-state index contributed by atoms with van der Waals surface area (Å²) in [6, 6.07) is 10.9. The maximum Gasteiger partial charge on any atom is 0.410 e. The molecule has 4 aliphatic heterocycles. The van der Waals surface area contributed by atoms with Crippen molar-refractivity contribution in [2.24, 2.45) is 0 Å². The summed E-state index contributed by atoms with van der Waals surface area (Å²) in [7, 11) is 0. The number of carbonyl (C=O) groups excluding carboxylic acids is 2. The minimum absolute atomic E-state index is 0.167. The van der Waals surface area contributed by atoms with Crippen LogP contribution in [0.4, 0.5) is 18.4 Å². The fraction of sp³-hybridized carbons (Fsp3) is 0.608. The topological polar surface area (TPSA) is 179 Å². The van der Waals surface area contributed by atoms with E-state index in [-0.39, 0.29) is 41.6 Å². The first-order valence-electron chi connectivity index (χ1n) is 25.6. The summed E-state index contributed by atoms with van der Waals surface area (Å²) in [5, 5.41) is 19.0. The molecule has 2 amide bonds. The minimum Gasteiger partial charge on any atom is -0.444 e. The summed E-state index contributed by atoms with van der Waals surface area (Å²) in [5.41, 5.74) is 0.761. The van der Waals surface area contributed by atoms with Crippen LogP contribution in [0.2, 0.25) is 0 Å². The highest BCUT2D eigenvalue weighted by Gasteiger charge is 2.36. The van der Waals surface area contributed by atoms with Crippen molar-refractivity contribution < 1.29 is 36.9 Å². The number of nitrogens with zero attached hydrogens (tertiary/aromatic N) is 12. The SMILES string of the molecule is CC(C)(C)OC(=O)N1CCC(N2CCC(c3nc(-n4nc(C5CC5)c5cccc(F)c54)no3)CC2)CC1.CC(C)(C)OC(=O)N1CCC(N2CCC(c3nc(-n4nc(I)c5cccc(F)c54)no3)CC2)CC1. The van der Waals surface area contributed by atoms with Gasteiger partial charge in [0.15, 0.2) is 0 Å². The highest BCUT2D eigenvalue weighted by Crippen LogP contribution is 2.43. The lowest BCUT2D eigenvalue weighted by Gasteiger charge is -2.41. The van der Waals surface area contributed by atoms with Crippen LogP contribution in [0.25, 0.3) is 33.7 Å². The van der Waals surface area contributed by atoms with Crippen molar-refractivity contribution in [3.05, 3.63) is 69.2 Å². The molecule has 6 aromatic rings. The third-order valence-electron chi connectivity index (χ3n) is 14.5. The zero-order chi connectivity index (χ0) is 50.5. The molecular formula is C51H65F2IN12O6. The Morgan fingerprint density at radius 3 is 1.42 bits per heavy atom. The van der Waals surface area contributed by atoms with Crippen LogP contribution < -0.4 is 0 Å². The predicted octanol–water partition coefficient (Wildman–Crippen LogP) is 9.74. The molecule has 18 nitrogen and oxygen atoms in total. The van der Waals surface area contributed by atoms with Crippen molar-refractivity contribution in [3.8, 4) is 11.9 Å². The number of fused-ring (bicyclic) bond motifs is 2. The van der Waals surface area contributed by atoms with Crippen LogP contribution in [0.15, 0.2) is 45.4 Å². The summed E-state index contributed by atoms with van der Waals surface area (Å²) in [4.78, 5) is 42.6. The summed E-state index contributed by atoms with van der Waals surface area (Å²) in [6.07, 6.45) is 9.22. The lowest BCUT2D eigenvalue weighted by Crippen LogP contribution is -2.49. The quantitative estimate of drug-likeness (QED) is 0.138. The lowest BCUT2D eigenvalue weighted by molar-refractivity contribution is 0.0115. The van der Waals surface area contributed by atoms with Crippen molar-refractivity contribution in [1.82, 2.24) is 59.4 Å². The average Bonchev–Trinajstić information content (AvgIpc) is 3.66. The van der Waals surface area contributed by atoms with E-state index in [1.807, 2.05) is 63.5 Å². The zero-order valence-corrected chi connectivity index (χ0v) is 44.2. The van der Waals surface area contributed by atoms with E-state index in [0.717, 1.165) is 133 Å². The first-order chi connectivity index (χ1) is 34.5. The van der Waals surface area contributed by atoms with Crippen LogP contribution in [0.1, 0.15) is 141 Å². The lowest BCUT2D eigenvalue weighted by atomic mass is 9.93. The number of hydrogen-bond donors (Lipinski definition) is 0. The van der Waals surface area contributed by atoms with E-state index >= 15 is 0 Å². The van der Waals surface area contributed by atoms with E-state index in [4.69, 9.17) is 23.6 Å². The number of aromatic nitrogens is 8. The Labute approximate surface area is 431 Å². The number of carbonyl (C=O) groups is 2. The molecule has 0 bridgehead atoms. The number of ether oxygens (including phenoxy) is 2. The van der Waals surface area contributed by atoms with Crippen molar-refractivity contribution >= 4 is 56.6 Å². The van der Waals surface area contributed by atoms with E-state index in [1.54, 1.807) is 12.1 Å². The van der Waals surface area contributed by atoms with Crippen LogP contribution in [-0.2, 0) is 9.47 Å². The summed E-state index contributed by atoms with van der Waals surface area (Å²) in [6.45, 7) is 18.0. The van der Waals surface area contributed by atoms with E-state index in [0.29, 0.717) is 50.5 Å². The fourth-order valence-corrected chi connectivity index (χ4v) is 11.3. The molecule has 0 radical (unpaired) electrons. The third kappa shape index (κ3) is 11.1. The van der Waals surface area contributed by atoms with E-state index in [2.05, 4.69) is 57.8 Å². The Hall–Kier alpha value is -5.29. The Morgan fingerprint density at radius 1 is 0.569 bits per heavy atom. The molecule has 0 atom stereocenters. The van der Waals surface area contributed by atoms with E-state index in [9.17, 15) is 18.4 Å². The van der Waals surface area contributed by atoms with Crippen molar-refractivity contribution in [3.63, 3.8) is 0 Å². The normalized spacial score (nSPS) is 19.8. The summed E-state index contributed by atoms with van der Waals surface area (Å²) < 4.78 is 55.2.